The minimum absolute atomic E-state index is 0.654. The maximum absolute atomic E-state index is 5.37. The maximum atomic E-state index is 5.37. The second-order valence-electron chi connectivity index (χ2n) is 14.6. The minimum atomic E-state index is 0.654. The van der Waals surface area contributed by atoms with Gasteiger partial charge in [-0.1, -0.05) is 140 Å². The van der Waals surface area contributed by atoms with Gasteiger partial charge >= 0.3 is 0 Å². The molecular formula is C52H32N4S. The molecule has 4 nitrogen and oxygen atoms in total. The molecule has 0 atom stereocenters. The van der Waals surface area contributed by atoms with E-state index in [9.17, 15) is 0 Å². The summed E-state index contributed by atoms with van der Waals surface area (Å²) in [5.41, 5.74) is 12.1. The highest BCUT2D eigenvalue weighted by atomic mass is 32.1. The van der Waals surface area contributed by atoms with Gasteiger partial charge in [0.25, 0.3) is 0 Å². The smallest absolute Gasteiger partial charge is 0.235 e. The van der Waals surface area contributed by atoms with Gasteiger partial charge in [0.15, 0.2) is 0 Å². The molecule has 0 saturated heterocycles. The number of benzene rings is 8. The molecule has 57 heavy (non-hydrogen) atoms. The summed E-state index contributed by atoms with van der Waals surface area (Å²) in [5.74, 6) is 0.654. The van der Waals surface area contributed by atoms with Crippen LogP contribution in [-0.4, -0.2) is 19.1 Å². The second kappa shape index (κ2) is 12.6. The molecule has 5 heteroatoms. The van der Waals surface area contributed by atoms with Crippen LogP contribution >= 0.6 is 11.3 Å². The molecule has 0 fully saturated rings. The van der Waals surface area contributed by atoms with Crippen LogP contribution in [0.15, 0.2) is 194 Å². The van der Waals surface area contributed by atoms with Crippen LogP contribution < -0.4 is 0 Å². The van der Waals surface area contributed by atoms with Gasteiger partial charge in [-0.05, 0) is 60.2 Å². The van der Waals surface area contributed by atoms with Crippen LogP contribution in [0.3, 0.4) is 0 Å². The van der Waals surface area contributed by atoms with Crippen molar-refractivity contribution in [2.75, 3.05) is 0 Å². The summed E-state index contributed by atoms with van der Waals surface area (Å²) in [6.45, 7) is 0. The van der Waals surface area contributed by atoms with Crippen molar-refractivity contribution in [1.82, 2.24) is 19.1 Å². The Morgan fingerprint density at radius 1 is 0.386 bits per heavy atom. The molecule has 0 aliphatic carbocycles. The molecule has 0 aliphatic rings. The first-order chi connectivity index (χ1) is 28.3. The summed E-state index contributed by atoms with van der Waals surface area (Å²) in [4.78, 5) is 10.7. The molecule has 8 aromatic carbocycles. The van der Waals surface area contributed by atoms with E-state index in [1.807, 2.05) is 23.5 Å². The molecule has 0 aliphatic heterocycles. The van der Waals surface area contributed by atoms with Gasteiger partial charge in [0.2, 0.25) is 5.95 Å². The Labute approximate surface area is 332 Å². The average molecular weight is 745 g/mol. The lowest BCUT2D eigenvalue weighted by Crippen LogP contribution is -2.04. The fourth-order valence-corrected chi connectivity index (χ4v) is 10.0. The van der Waals surface area contributed by atoms with Crippen LogP contribution in [0.4, 0.5) is 0 Å². The van der Waals surface area contributed by atoms with E-state index in [0.29, 0.717) is 5.95 Å². The standard InChI is InChI=1S/C52H32N4S/c1-4-16-33(17-5-1)43-32-44(34-18-6-2-7-19-34)54-52(53-43)56-46-26-14-11-23-38(46)42-31-40(51-49(50(42)56)39-24-12-15-27-48(39)57-51)35-28-29-47-41(30-35)37-22-10-13-25-45(37)55(47)36-20-8-3-9-21-36/h1-32H. The first-order valence-electron chi connectivity index (χ1n) is 19.3. The summed E-state index contributed by atoms with van der Waals surface area (Å²) in [6.07, 6.45) is 0. The summed E-state index contributed by atoms with van der Waals surface area (Å²) in [5, 5.41) is 7.29. The van der Waals surface area contributed by atoms with Gasteiger partial charge in [-0.25, -0.2) is 9.97 Å². The van der Waals surface area contributed by atoms with Crippen molar-refractivity contribution in [1.29, 1.82) is 0 Å². The van der Waals surface area contributed by atoms with E-state index in [1.54, 1.807) is 0 Å². The fraction of sp³-hybridized carbons (Fsp3) is 0. The van der Waals surface area contributed by atoms with Crippen molar-refractivity contribution >= 4 is 75.1 Å². The van der Waals surface area contributed by atoms with Crippen LogP contribution in [-0.2, 0) is 0 Å². The highest BCUT2D eigenvalue weighted by Crippen LogP contribution is 2.48. The molecule has 0 N–H and O–H groups in total. The van der Waals surface area contributed by atoms with Crippen LogP contribution in [0.2, 0.25) is 0 Å². The lowest BCUT2D eigenvalue weighted by molar-refractivity contribution is 0.998. The number of nitrogens with zero attached hydrogens (tertiary/aromatic N) is 4. The van der Waals surface area contributed by atoms with E-state index in [1.165, 1.54) is 63.9 Å². The van der Waals surface area contributed by atoms with Crippen molar-refractivity contribution in [3.05, 3.63) is 194 Å². The Hall–Kier alpha value is -7.34. The zero-order chi connectivity index (χ0) is 37.5. The number of fused-ring (bicyclic) bond motifs is 10. The maximum Gasteiger partial charge on any atom is 0.235 e. The Kier molecular flexibility index (Phi) is 7.06. The Bertz CT molecular complexity index is 3450. The van der Waals surface area contributed by atoms with E-state index in [-0.39, 0.29) is 0 Å². The molecule has 0 saturated carbocycles. The van der Waals surface area contributed by atoms with Gasteiger partial charge in [0, 0.05) is 64.1 Å². The van der Waals surface area contributed by atoms with Gasteiger partial charge in [-0.15, -0.1) is 11.3 Å². The normalized spacial score (nSPS) is 11.9. The van der Waals surface area contributed by atoms with E-state index >= 15 is 0 Å². The fourth-order valence-electron chi connectivity index (χ4n) is 8.80. The van der Waals surface area contributed by atoms with Crippen molar-refractivity contribution in [3.63, 3.8) is 0 Å². The summed E-state index contributed by atoms with van der Waals surface area (Å²) < 4.78 is 7.20. The van der Waals surface area contributed by atoms with Gasteiger partial charge in [-0.3, -0.25) is 4.57 Å². The Balaban J connectivity index is 1.18. The third-order valence-corrected chi connectivity index (χ3v) is 12.5. The second-order valence-corrected chi connectivity index (χ2v) is 15.6. The summed E-state index contributed by atoms with van der Waals surface area (Å²) >= 11 is 1.86. The largest absolute Gasteiger partial charge is 0.309 e. The van der Waals surface area contributed by atoms with Crippen LogP contribution in [0.5, 0.6) is 0 Å². The van der Waals surface area contributed by atoms with E-state index in [0.717, 1.165) is 39.2 Å². The van der Waals surface area contributed by atoms with E-state index in [4.69, 9.17) is 9.97 Å². The predicted molar refractivity (Wildman–Crippen MR) is 240 cm³/mol. The first kappa shape index (κ1) is 32.0. The van der Waals surface area contributed by atoms with Crippen molar-refractivity contribution < 1.29 is 0 Å². The summed E-state index contributed by atoms with van der Waals surface area (Å²) in [6, 6.07) is 69.4. The zero-order valence-electron chi connectivity index (χ0n) is 30.7. The van der Waals surface area contributed by atoms with Gasteiger partial charge in [-0.2, -0.15) is 0 Å². The summed E-state index contributed by atoms with van der Waals surface area (Å²) in [7, 11) is 0. The highest BCUT2D eigenvalue weighted by molar-refractivity contribution is 7.26. The monoisotopic (exact) mass is 744 g/mol. The molecule has 4 aromatic heterocycles. The zero-order valence-corrected chi connectivity index (χ0v) is 31.5. The molecular weight excluding hydrogens is 713 g/mol. The van der Waals surface area contributed by atoms with Gasteiger partial charge in [0.05, 0.1) is 33.5 Å². The average Bonchev–Trinajstić information content (AvgIpc) is 3.94. The van der Waals surface area contributed by atoms with Crippen LogP contribution in [0.25, 0.3) is 109 Å². The van der Waals surface area contributed by atoms with Crippen LogP contribution in [0.1, 0.15) is 0 Å². The minimum Gasteiger partial charge on any atom is -0.309 e. The lowest BCUT2D eigenvalue weighted by atomic mass is 9.97. The molecule has 4 heterocycles. The van der Waals surface area contributed by atoms with E-state index in [2.05, 4.69) is 191 Å². The predicted octanol–water partition coefficient (Wildman–Crippen LogP) is 14.0. The van der Waals surface area contributed by atoms with Crippen molar-refractivity contribution in [2.45, 2.75) is 0 Å². The molecule has 0 amide bonds. The number of para-hydroxylation sites is 3. The number of hydrogen-bond donors (Lipinski definition) is 0. The molecule has 0 radical (unpaired) electrons. The van der Waals surface area contributed by atoms with Crippen molar-refractivity contribution in [2.24, 2.45) is 0 Å². The van der Waals surface area contributed by atoms with Gasteiger partial charge in [0.1, 0.15) is 0 Å². The quantitative estimate of drug-likeness (QED) is 0.176. The van der Waals surface area contributed by atoms with Crippen molar-refractivity contribution in [3.8, 4) is 45.3 Å². The number of thiophene rings is 1. The first-order valence-corrected chi connectivity index (χ1v) is 20.1. The number of rotatable bonds is 5. The lowest BCUT2D eigenvalue weighted by Gasteiger charge is -2.13. The Morgan fingerprint density at radius 2 is 0.930 bits per heavy atom. The topological polar surface area (TPSA) is 35.6 Å². The third kappa shape index (κ3) is 4.93. The molecule has 12 aromatic rings. The van der Waals surface area contributed by atoms with E-state index < -0.39 is 0 Å². The highest BCUT2D eigenvalue weighted by Gasteiger charge is 2.24. The SMILES string of the molecule is c1ccc(-c2cc(-c3ccccc3)nc(-n3c4ccccc4c4cc(-c5ccc6c(c5)c5ccccc5n6-c5ccccc5)c5sc6ccccc6c5c43)n2)cc1. The molecule has 266 valence electrons. The third-order valence-electron chi connectivity index (χ3n) is 11.3. The number of aromatic nitrogens is 4. The van der Waals surface area contributed by atoms with Gasteiger partial charge < -0.3 is 4.57 Å². The molecule has 12 rings (SSSR count). The molecule has 0 unspecified atom stereocenters. The Morgan fingerprint density at radius 3 is 1.61 bits per heavy atom. The molecule has 0 bridgehead atoms. The molecule has 0 spiro atoms. The number of hydrogen-bond acceptors (Lipinski definition) is 3. The van der Waals surface area contributed by atoms with Crippen LogP contribution in [0, 0.1) is 0 Å².